The van der Waals surface area contributed by atoms with Gasteiger partial charge in [-0.2, -0.15) is 0 Å². The number of primary amides is 1. The third kappa shape index (κ3) is 19.1. The molecule has 2 fully saturated rings. The van der Waals surface area contributed by atoms with Crippen LogP contribution in [0.25, 0.3) is 0 Å². The number of nitrogens with one attached hydrogen (secondary N) is 6. The highest BCUT2D eigenvalue weighted by Gasteiger charge is 2.42. The van der Waals surface area contributed by atoms with E-state index in [4.69, 9.17) is 5.73 Å². The Morgan fingerprint density at radius 1 is 0.630 bits per heavy atom. The minimum absolute atomic E-state index is 0.0101. The van der Waals surface area contributed by atoms with Crippen LogP contribution < -0.4 is 37.6 Å². The molecule has 2 heterocycles. The summed E-state index contributed by atoms with van der Waals surface area (Å²) >= 11 is 0. The summed E-state index contributed by atoms with van der Waals surface area (Å²) in [6.45, 7) is -0.726. The topological polar surface area (TPSA) is 339 Å². The molecule has 24 heteroatoms. The van der Waals surface area contributed by atoms with Gasteiger partial charge in [-0.05, 0) is 60.9 Å². The van der Waals surface area contributed by atoms with Gasteiger partial charge in [-0.25, -0.2) is 0 Å². The van der Waals surface area contributed by atoms with Crippen LogP contribution in [-0.4, -0.2) is 191 Å². The summed E-state index contributed by atoms with van der Waals surface area (Å²) < 4.78 is 0. The molecule has 2 aliphatic rings. The fourth-order valence-corrected chi connectivity index (χ4v) is 9.76. The number of aliphatic hydroxyl groups is 1. The zero-order chi connectivity index (χ0) is 59.2. The molecule has 2 aliphatic heterocycles. The standard InChI is InChI=1S/C57H77N11O13/c1-5-6-9-20-41-54(78)66(3)45(30-36-16-10-7-11-17-36)56(80)65(2)34-50(74)62-42(29-38-24-26-39(70)27-25-38)55(79)67(4)46(31-37-18-12-8-13-19-37)57(81)68-28-15-22-44(68)53(77)64-40(51(75)59-32-47(58)71)21-14-23-48(72)63-43(35-69)52(76)60-33-49(73)61-41/h7-8,10-13,16-19,24-27,40-46,69-70H,5-6,9,14-15,20-23,28-35H2,1-4H3,(H2,58,71)(H,59,75)(H,60,76)(H,61,73)(H,62,74)(H,63,72)(H,64,77)/t40-,41-,42-,43-,44-,45-,46-/m0/s1. The number of benzene rings is 3. The SMILES string of the molecule is CCCCC[C@@H]1NC(=O)CNC(=O)[C@H](CO)NC(=O)CCC[C@@H](C(=O)NCC(N)=O)NC(=O)[C@@H]2CCCN2C(=O)[C@H](Cc2ccccc2)N(C)C(=O)[C@H](Cc2ccc(O)cc2)NC(=O)CN(C)C(=O)[C@H](Cc2ccccc2)N(C)C1=O. The zero-order valence-corrected chi connectivity index (χ0v) is 46.4. The molecule has 24 nitrogen and oxygen atoms in total. The predicted octanol–water partition coefficient (Wildman–Crippen LogP) is -1.06. The van der Waals surface area contributed by atoms with E-state index in [2.05, 4.69) is 31.9 Å². The third-order valence-electron chi connectivity index (χ3n) is 14.3. The van der Waals surface area contributed by atoms with E-state index in [9.17, 15) is 53.4 Å². The van der Waals surface area contributed by atoms with E-state index in [0.717, 1.165) is 11.3 Å². The molecule has 0 unspecified atom stereocenters. The Bertz CT molecular complexity index is 2680. The van der Waals surface area contributed by atoms with Gasteiger partial charge in [0.15, 0.2) is 0 Å². The highest BCUT2D eigenvalue weighted by Crippen LogP contribution is 2.24. The van der Waals surface area contributed by atoms with E-state index in [-0.39, 0.29) is 63.7 Å². The number of amides is 11. The first kappa shape index (κ1) is 63.4. The fraction of sp³-hybridized carbons (Fsp3) is 0.491. The summed E-state index contributed by atoms with van der Waals surface area (Å²) in [5.41, 5.74) is 7.12. The predicted molar refractivity (Wildman–Crippen MR) is 296 cm³/mol. The maximum Gasteiger partial charge on any atom is 0.246 e. The van der Waals surface area contributed by atoms with Gasteiger partial charge in [0, 0.05) is 53.4 Å². The van der Waals surface area contributed by atoms with E-state index in [1.54, 1.807) is 72.8 Å². The number of carbonyl (C=O) groups is 11. The van der Waals surface area contributed by atoms with Crippen molar-refractivity contribution >= 4 is 65.0 Å². The molecule has 10 N–H and O–H groups in total. The minimum Gasteiger partial charge on any atom is -0.508 e. The Hall–Kier alpha value is -8.41. The van der Waals surface area contributed by atoms with Crippen LogP contribution >= 0.6 is 0 Å². The number of carbonyl (C=O) groups excluding carboxylic acids is 11. The molecular weight excluding hydrogens is 1050 g/mol. The van der Waals surface area contributed by atoms with Crippen molar-refractivity contribution in [1.82, 2.24) is 51.5 Å². The number of phenolic OH excluding ortho intramolecular Hbond substituents is 1. The fourth-order valence-electron chi connectivity index (χ4n) is 9.76. The second kappa shape index (κ2) is 31.4. The second-order valence-corrected chi connectivity index (χ2v) is 20.5. The Kier molecular flexibility index (Phi) is 24.6. The van der Waals surface area contributed by atoms with Crippen LogP contribution in [0.2, 0.25) is 0 Å². The second-order valence-electron chi connectivity index (χ2n) is 20.5. The zero-order valence-electron chi connectivity index (χ0n) is 46.4. The first-order chi connectivity index (χ1) is 38.7. The number of hydrogen-bond donors (Lipinski definition) is 9. The number of fused-ring (bicyclic) bond motifs is 1. The van der Waals surface area contributed by atoms with Gasteiger partial charge < -0.3 is 67.4 Å². The van der Waals surface area contributed by atoms with Gasteiger partial charge in [-0.15, -0.1) is 0 Å². The van der Waals surface area contributed by atoms with E-state index in [1.165, 1.54) is 48.0 Å². The average molecular weight is 1120 g/mol. The molecule has 0 aliphatic carbocycles. The summed E-state index contributed by atoms with van der Waals surface area (Å²) in [7, 11) is 4.17. The highest BCUT2D eigenvalue weighted by atomic mass is 16.3. The lowest BCUT2D eigenvalue weighted by molar-refractivity contribution is -0.149. The maximum atomic E-state index is 15.1. The van der Waals surface area contributed by atoms with Crippen molar-refractivity contribution in [2.45, 2.75) is 126 Å². The summed E-state index contributed by atoms with van der Waals surface area (Å²) in [6, 6.07) is 14.4. The van der Waals surface area contributed by atoms with Gasteiger partial charge in [0.1, 0.15) is 48.0 Å². The van der Waals surface area contributed by atoms with Crippen LogP contribution in [0.5, 0.6) is 5.75 Å². The van der Waals surface area contributed by atoms with Crippen molar-refractivity contribution in [2.75, 3.05) is 53.9 Å². The molecular formula is C57H77N11O13. The number of nitrogens with two attached hydrogens (primary N) is 1. The number of aliphatic hydroxyl groups excluding tert-OH is 1. The molecule has 3 aromatic rings. The molecule has 11 amide bonds. The molecule has 0 bridgehead atoms. The highest BCUT2D eigenvalue weighted by molar-refractivity contribution is 5.98. The van der Waals surface area contributed by atoms with Crippen molar-refractivity contribution in [2.24, 2.45) is 5.73 Å². The molecule has 7 atom stereocenters. The smallest absolute Gasteiger partial charge is 0.246 e. The largest absolute Gasteiger partial charge is 0.508 e. The molecule has 2 saturated heterocycles. The van der Waals surface area contributed by atoms with Gasteiger partial charge in [0.25, 0.3) is 0 Å². The van der Waals surface area contributed by atoms with Crippen molar-refractivity contribution in [3.05, 3.63) is 102 Å². The number of likely N-dealkylation sites (N-methyl/N-ethyl adjacent to an activating group) is 3. The molecule has 0 aromatic heterocycles. The maximum absolute atomic E-state index is 15.1. The molecule has 438 valence electrons. The molecule has 0 saturated carbocycles. The molecule has 0 radical (unpaired) electrons. The van der Waals surface area contributed by atoms with Crippen molar-refractivity contribution in [3.63, 3.8) is 0 Å². The van der Waals surface area contributed by atoms with Crippen LogP contribution in [-0.2, 0) is 72.0 Å². The minimum atomic E-state index is -1.53. The average Bonchev–Trinajstić information content (AvgIpc) is 3.99. The van der Waals surface area contributed by atoms with Gasteiger partial charge in [0.05, 0.1) is 26.2 Å². The van der Waals surface area contributed by atoms with Crippen LogP contribution in [0.4, 0.5) is 0 Å². The Labute approximate surface area is 471 Å². The lowest BCUT2D eigenvalue weighted by Gasteiger charge is -2.35. The Morgan fingerprint density at radius 3 is 1.79 bits per heavy atom. The molecule has 3 aromatic carbocycles. The number of aromatic hydroxyl groups is 1. The van der Waals surface area contributed by atoms with Crippen LogP contribution in [0.1, 0.15) is 81.4 Å². The number of unbranched alkanes of at least 4 members (excludes halogenated alkanes) is 2. The normalized spacial score (nSPS) is 23.1. The van der Waals surface area contributed by atoms with Crippen molar-refractivity contribution in [3.8, 4) is 5.75 Å². The molecule has 81 heavy (non-hydrogen) atoms. The number of phenols is 1. The van der Waals surface area contributed by atoms with Crippen molar-refractivity contribution < 1.29 is 63.0 Å². The van der Waals surface area contributed by atoms with Gasteiger partial charge in [-0.1, -0.05) is 99.0 Å². The van der Waals surface area contributed by atoms with Gasteiger partial charge in [0.2, 0.25) is 65.0 Å². The summed E-state index contributed by atoms with van der Waals surface area (Å²) in [5.74, 6) is -8.43. The first-order valence-electron chi connectivity index (χ1n) is 27.3. The van der Waals surface area contributed by atoms with Crippen molar-refractivity contribution in [1.29, 1.82) is 0 Å². The lowest BCUT2D eigenvalue weighted by Crippen LogP contribution is -2.59. The van der Waals surface area contributed by atoms with Crippen LogP contribution in [0.15, 0.2) is 84.9 Å². The van der Waals surface area contributed by atoms with Gasteiger partial charge >= 0.3 is 0 Å². The van der Waals surface area contributed by atoms with E-state index < -0.39 is 134 Å². The lowest BCUT2D eigenvalue weighted by atomic mass is 10.00. The monoisotopic (exact) mass is 1120 g/mol. The first-order valence-corrected chi connectivity index (χ1v) is 27.3. The van der Waals surface area contributed by atoms with Gasteiger partial charge in [-0.3, -0.25) is 52.7 Å². The summed E-state index contributed by atoms with van der Waals surface area (Å²) in [5, 5.41) is 35.5. The summed E-state index contributed by atoms with van der Waals surface area (Å²) in [4.78, 5) is 158. The number of rotatable bonds is 14. The molecule has 5 rings (SSSR count). The third-order valence-corrected chi connectivity index (χ3v) is 14.3. The number of hydrogen-bond acceptors (Lipinski definition) is 13. The van der Waals surface area contributed by atoms with Crippen LogP contribution in [0, 0.1) is 0 Å². The van der Waals surface area contributed by atoms with E-state index in [0.29, 0.717) is 36.0 Å². The summed E-state index contributed by atoms with van der Waals surface area (Å²) in [6.07, 6.45) is 1.81. The van der Waals surface area contributed by atoms with Crippen LogP contribution in [0.3, 0.4) is 0 Å². The number of nitrogens with zero attached hydrogens (tertiary/aromatic N) is 4. The quantitative estimate of drug-likeness (QED) is 0.0871. The molecule has 0 spiro atoms. The Morgan fingerprint density at radius 2 is 1.20 bits per heavy atom. The van der Waals surface area contributed by atoms with E-state index >= 15 is 9.59 Å². The Balaban J connectivity index is 1.55. The van der Waals surface area contributed by atoms with E-state index in [1.807, 2.05) is 6.92 Å².